The molecule has 0 saturated carbocycles. The molecule has 0 radical (unpaired) electrons. The first-order valence-electron chi connectivity index (χ1n) is 13.1. The zero-order valence-corrected chi connectivity index (χ0v) is 23.2. The van der Waals surface area contributed by atoms with Gasteiger partial charge in [0.25, 0.3) is 0 Å². The predicted octanol–water partition coefficient (Wildman–Crippen LogP) is 5.97. The van der Waals surface area contributed by atoms with E-state index in [1.165, 1.54) is 12.7 Å². The number of phenols is 1. The van der Waals surface area contributed by atoms with E-state index in [2.05, 4.69) is 18.7 Å². The first-order valence-corrected chi connectivity index (χ1v) is 15.0. The van der Waals surface area contributed by atoms with E-state index >= 15 is 0 Å². The van der Waals surface area contributed by atoms with Gasteiger partial charge in [0.15, 0.2) is 9.84 Å². The average molecular weight is 534 g/mol. The molecule has 1 N–H and O–H groups in total. The van der Waals surface area contributed by atoms with Gasteiger partial charge in [-0.1, -0.05) is 31.2 Å². The van der Waals surface area contributed by atoms with Gasteiger partial charge in [-0.25, -0.2) is 8.42 Å². The topological polar surface area (TPSA) is 76.1 Å². The lowest BCUT2D eigenvalue weighted by atomic mass is 9.86. The summed E-state index contributed by atoms with van der Waals surface area (Å²) in [5.41, 5.74) is 4.26. The highest BCUT2D eigenvalue weighted by Crippen LogP contribution is 2.47. The number of phenolic OH excluding ortho intramolecular Hbond substituents is 1. The van der Waals surface area contributed by atoms with Crippen LogP contribution in [0.3, 0.4) is 0 Å². The Labute approximate surface area is 225 Å². The molecular weight excluding hydrogens is 498 g/mol. The quantitative estimate of drug-likeness (QED) is 0.403. The van der Waals surface area contributed by atoms with E-state index in [9.17, 15) is 13.5 Å². The number of rotatable bonds is 7. The van der Waals surface area contributed by atoms with Gasteiger partial charge in [0.1, 0.15) is 30.0 Å². The monoisotopic (exact) mass is 533 g/mol. The first-order chi connectivity index (χ1) is 18.1. The summed E-state index contributed by atoms with van der Waals surface area (Å²) < 4.78 is 37.2. The van der Waals surface area contributed by atoms with Gasteiger partial charge in [-0.3, -0.25) is 4.90 Å². The lowest BCUT2D eigenvalue weighted by Gasteiger charge is -2.31. The molecule has 0 amide bonds. The van der Waals surface area contributed by atoms with Crippen LogP contribution in [0.5, 0.6) is 17.2 Å². The second-order valence-electron chi connectivity index (χ2n) is 10.6. The van der Waals surface area contributed by atoms with Crippen LogP contribution >= 0.6 is 0 Å². The van der Waals surface area contributed by atoms with Crippen LogP contribution < -0.4 is 9.47 Å². The van der Waals surface area contributed by atoms with Crippen molar-refractivity contribution in [3.05, 3.63) is 83.4 Å². The Hall–Kier alpha value is -3.29. The van der Waals surface area contributed by atoms with Crippen LogP contribution in [0.2, 0.25) is 0 Å². The molecule has 200 valence electrons. The third-order valence-electron chi connectivity index (χ3n) is 7.60. The second-order valence-corrected chi connectivity index (χ2v) is 12.7. The normalized spacial score (nSPS) is 20.6. The van der Waals surface area contributed by atoms with Gasteiger partial charge < -0.3 is 14.6 Å². The third kappa shape index (κ3) is 5.45. The number of fused-ring (bicyclic) bond motifs is 1. The highest BCUT2D eigenvalue weighted by atomic mass is 32.2. The molecular formula is C31H35NO5S. The van der Waals surface area contributed by atoms with Gasteiger partial charge in [-0.2, -0.15) is 0 Å². The minimum absolute atomic E-state index is 0.147. The molecule has 0 bridgehead atoms. The van der Waals surface area contributed by atoms with E-state index in [1.54, 1.807) is 36.4 Å². The van der Waals surface area contributed by atoms with Crippen molar-refractivity contribution in [1.29, 1.82) is 0 Å². The fourth-order valence-corrected chi connectivity index (χ4v) is 6.04. The number of benzene rings is 3. The lowest BCUT2D eigenvalue weighted by molar-refractivity contribution is 0.169. The Morgan fingerprint density at radius 3 is 2.55 bits per heavy atom. The molecule has 38 heavy (non-hydrogen) atoms. The van der Waals surface area contributed by atoms with E-state index in [0.29, 0.717) is 18.4 Å². The van der Waals surface area contributed by atoms with Crippen molar-refractivity contribution in [3.8, 4) is 17.2 Å². The van der Waals surface area contributed by atoms with Crippen molar-refractivity contribution in [1.82, 2.24) is 4.90 Å². The summed E-state index contributed by atoms with van der Waals surface area (Å²) in [7, 11) is -3.38. The van der Waals surface area contributed by atoms with Crippen molar-refractivity contribution in [3.63, 3.8) is 0 Å². The molecule has 2 aliphatic heterocycles. The van der Waals surface area contributed by atoms with Crippen LogP contribution in [0.4, 0.5) is 0 Å². The Bertz CT molecular complexity index is 1460. The summed E-state index contributed by atoms with van der Waals surface area (Å²) in [4.78, 5) is 2.73. The molecule has 3 aromatic carbocycles. The minimum atomic E-state index is -3.38. The third-order valence-corrected chi connectivity index (χ3v) is 8.71. The average Bonchev–Trinajstić information content (AvgIpc) is 3.34. The maximum atomic E-state index is 12.3. The zero-order valence-electron chi connectivity index (χ0n) is 22.3. The lowest BCUT2D eigenvalue weighted by Crippen LogP contribution is -2.35. The molecule has 0 spiro atoms. The first kappa shape index (κ1) is 26.3. The maximum Gasteiger partial charge on any atom is 0.175 e. The molecule has 3 aromatic rings. The number of sulfone groups is 1. The van der Waals surface area contributed by atoms with Crippen LogP contribution in [0.15, 0.2) is 71.6 Å². The fraction of sp³-hybridized carbons (Fsp3) is 0.355. The van der Waals surface area contributed by atoms with E-state index < -0.39 is 15.9 Å². The van der Waals surface area contributed by atoms with Crippen LogP contribution in [0, 0.1) is 5.92 Å². The van der Waals surface area contributed by atoms with Crippen molar-refractivity contribution in [2.45, 2.75) is 44.2 Å². The largest absolute Gasteiger partial charge is 0.508 e. The number of aromatic hydroxyl groups is 1. The smallest absolute Gasteiger partial charge is 0.175 e. The summed E-state index contributed by atoms with van der Waals surface area (Å²) in [5, 5.41) is 10.1. The van der Waals surface area contributed by atoms with E-state index in [-0.39, 0.29) is 10.6 Å². The van der Waals surface area contributed by atoms with Crippen molar-refractivity contribution >= 4 is 21.0 Å². The molecule has 3 atom stereocenters. The summed E-state index contributed by atoms with van der Waals surface area (Å²) in [6, 6.07) is 20.3. The van der Waals surface area contributed by atoms with Gasteiger partial charge in [0, 0.05) is 30.0 Å². The molecule has 1 saturated heterocycles. The van der Waals surface area contributed by atoms with Crippen LogP contribution in [0.1, 0.15) is 50.0 Å². The molecule has 6 nitrogen and oxygen atoms in total. The van der Waals surface area contributed by atoms with Gasteiger partial charge in [-0.15, -0.1) is 0 Å². The Balaban J connectivity index is 1.45. The highest BCUT2D eigenvalue weighted by molar-refractivity contribution is 7.90. The van der Waals surface area contributed by atoms with E-state index in [4.69, 9.17) is 9.47 Å². The van der Waals surface area contributed by atoms with Crippen LogP contribution in [-0.2, 0) is 9.84 Å². The zero-order chi connectivity index (χ0) is 27.0. The summed E-state index contributed by atoms with van der Waals surface area (Å²) in [6.07, 6.45) is 1.99. The SMILES string of the molecule is CC1=C(c2cccc(S(C)(=O)=O)c2)C(c2ccc(OC[C@H](C)N3CC[C@@H](C)C3)cc2)Oc2ccc(O)cc21. The molecule has 1 unspecified atom stereocenters. The molecule has 0 aliphatic carbocycles. The Morgan fingerprint density at radius 1 is 1.11 bits per heavy atom. The van der Waals surface area contributed by atoms with Crippen molar-refractivity contribution in [2.75, 3.05) is 26.0 Å². The number of hydrogen-bond donors (Lipinski definition) is 1. The van der Waals surface area contributed by atoms with Gasteiger partial charge in [0.05, 0.1) is 4.90 Å². The Morgan fingerprint density at radius 2 is 1.87 bits per heavy atom. The van der Waals surface area contributed by atoms with Gasteiger partial charge in [0.2, 0.25) is 0 Å². The summed E-state index contributed by atoms with van der Waals surface area (Å²) >= 11 is 0. The van der Waals surface area contributed by atoms with Crippen molar-refractivity contribution in [2.24, 2.45) is 5.92 Å². The minimum Gasteiger partial charge on any atom is -0.508 e. The van der Waals surface area contributed by atoms with Gasteiger partial charge >= 0.3 is 0 Å². The second kappa shape index (κ2) is 10.5. The predicted molar refractivity (Wildman–Crippen MR) is 150 cm³/mol. The molecule has 7 heteroatoms. The molecule has 0 aromatic heterocycles. The number of likely N-dealkylation sites (tertiary alicyclic amines) is 1. The molecule has 2 aliphatic rings. The molecule has 5 rings (SSSR count). The number of hydrogen-bond acceptors (Lipinski definition) is 6. The summed E-state index contributed by atoms with van der Waals surface area (Å²) in [6.45, 7) is 9.36. The number of nitrogens with zero attached hydrogens (tertiary/aromatic N) is 1. The van der Waals surface area contributed by atoms with Crippen LogP contribution in [0.25, 0.3) is 11.1 Å². The van der Waals surface area contributed by atoms with E-state index in [1.807, 2.05) is 37.3 Å². The van der Waals surface area contributed by atoms with Crippen LogP contribution in [-0.4, -0.2) is 50.4 Å². The maximum absolute atomic E-state index is 12.3. The fourth-order valence-electron chi connectivity index (χ4n) is 5.37. The van der Waals surface area contributed by atoms with Gasteiger partial charge in [-0.05, 0) is 91.9 Å². The molecule has 1 fully saturated rings. The summed E-state index contributed by atoms with van der Waals surface area (Å²) in [5.74, 6) is 2.36. The standard InChI is InChI=1S/C31H35NO5S/c1-20-14-15-32(18-20)21(2)19-36-26-11-8-23(9-12-26)31-30(24-6-5-7-27(16-24)38(4,34)35)22(3)28-17-25(33)10-13-29(28)37-31/h5-13,16-17,20-21,31,33H,14-15,18-19H2,1-4H3/t20-,21+,31?/m1/s1. The van der Waals surface area contributed by atoms with Crippen molar-refractivity contribution < 1.29 is 23.0 Å². The number of allylic oxidation sites excluding steroid dienone is 1. The highest BCUT2D eigenvalue weighted by Gasteiger charge is 2.30. The van der Waals surface area contributed by atoms with E-state index in [0.717, 1.165) is 52.6 Å². The molecule has 2 heterocycles. The number of ether oxygens (including phenoxy) is 2. The Kier molecular flexibility index (Phi) is 7.25.